The predicted molar refractivity (Wildman–Crippen MR) is 78.1 cm³/mol. The van der Waals surface area contributed by atoms with E-state index in [1.54, 1.807) is 30.5 Å². The molecule has 3 rings (SSSR count). The summed E-state index contributed by atoms with van der Waals surface area (Å²) in [5.41, 5.74) is 0.873. The highest BCUT2D eigenvalue weighted by molar-refractivity contribution is 6.33. The third-order valence-corrected chi connectivity index (χ3v) is 3.25. The van der Waals surface area contributed by atoms with Crippen LogP contribution in [-0.4, -0.2) is 21.9 Å². The van der Waals surface area contributed by atoms with Gasteiger partial charge in [-0.3, -0.25) is 4.79 Å². The fourth-order valence-corrected chi connectivity index (χ4v) is 1.90. The highest BCUT2D eigenvalue weighted by Gasteiger charge is 2.22. The predicted octanol–water partition coefficient (Wildman–Crippen LogP) is 2.96. The van der Waals surface area contributed by atoms with Crippen molar-refractivity contribution in [2.75, 3.05) is 10.6 Å². The van der Waals surface area contributed by atoms with Crippen molar-refractivity contribution in [3.05, 3.63) is 47.2 Å². The maximum atomic E-state index is 12.1. The summed E-state index contributed by atoms with van der Waals surface area (Å²) < 4.78 is 0. The third kappa shape index (κ3) is 3.05. The second-order valence-corrected chi connectivity index (χ2v) is 5.03. The molecule has 1 saturated carbocycles. The van der Waals surface area contributed by atoms with Crippen molar-refractivity contribution in [1.29, 1.82) is 0 Å². The SMILES string of the molecule is O=C(Nc1ccccc1Cl)c1ccnc(NC2CC2)n1. The molecule has 0 saturated heterocycles. The van der Waals surface area contributed by atoms with Crippen molar-refractivity contribution < 1.29 is 4.79 Å². The van der Waals surface area contributed by atoms with Crippen LogP contribution in [0.5, 0.6) is 0 Å². The molecule has 1 aliphatic carbocycles. The zero-order valence-corrected chi connectivity index (χ0v) is 11.4. The van der Waals surface area contributed by atoms with E-state index < -0.39 is 0 Å². The average Bonchev–Trinajstić information content (AvgIpc) is 3.25. The van der Waals surface area contributed by atoms with Crippen molar-refractivity contribution in [3.8, 4) is 0 Å². The fraction of sp³-hybridized carbons (Fsp3) is 0.214. The highest BCUT2D eigenvalue weighted by atomic mass is 35.5. The van der Waals surface area contributed by atoms with Crippen LogP contribution < -0.4 is 10.6 Å². The molecular weight excluding hydrogens is 276 g/mol. The quantitative estimate of drug-likeness (QED) is 0.908. The van der Waals surface area contributed by atoms with E-state index in [4.69, 9.17) is 11.6 Å². The molecule has 0 aliphatic heterocycles. The van der Waals surface area contributed by atoms with Gasteiger partial charge in [0.2, 0.25) is 5.95 Å². The summed E-state index contributed by atoms with van der Waals surface area (Å²) in [6.45, 7) is 0. The number of nitrogens with zero attached hydrogens (tertiary/aromatic N) is 2. The summed E-state index contributed by atoms with van der Waals surface area (Å²) in [7, 11) is 0. The van der Waals surface area contributed by atoms with Crippen LogP contribution in [0.4, 0.5) is 11.6 Å². The van der Waals surface area contributed by atoms with Gasteiger partial charge in [-0.2, -0.15) is 0 Å². The molecule has 1 fully saturated rings. The van der Waals surface area contributed by atoms with E-state index in [2.05, 4.69) is 20.6 Å². The maximum absolute atomic E-state index is 12.1. The van der Waals surface area contributed by atoms with Gasteiger partial charge in [0, 0.05) is 12.2 Å². The Hall–Kier alpha value is -2.14. The van der Waals surface area contributed by atoms with Gasteiger partial charge in [-0.1, -0.05) is 23.7 Å². The van der Waals surface area contributed by atoms with Crippen molar-refractivity contribution >= 4 is 29.1 Å². The van der Waals surface area contributed by atoms with Gasteiger partial charge in [0.25, 0.3) is 5.91 Å². The van der Waals surface area contributed by atoms with Crippen LogP contribution in [-0.2, 0) is 0 Å². The maximum Gasteiger partial charge on any atom is 0.274 e. The molecule has 0 unspecified atom stereocenters. The Morgan fingerprint density at radius 1 is 1.25 bits per heavy atom. The van der Waals surface area contributed by atoms with Crippen LogP contribution in [0.15, 0.2) is 36.5 Å². The van der Waals surface area contributed by atoms with Gasteiger partial charge in [0.15, 0.2) is 0 Å². The lowest BCUT2D eigenvalue weighted by Crippen LogP contribution is -2.16. The summed E-state index contributed by atoms with van der Waals surface area (Å²) in [4.78, 5) is 20.4. The zero-order valence-electron chi connectivity index (χ0n) is 10.6. The Morgan fingerprint density at radius 2 is 2.05 bits per heavy atom. The summed E-state index contributed by atoms with van der Waals surface area (Å²) in [5.74, 6) is 0.179. The Bertz CT molecular complexity index is 643. The number of nitrogens with one attached hydrogen (secondary N) is 2. The lowest BCUT2D eigenvalue weighted by molar-refractivity contribution is 0.102. The minimum atomic E-state index is -0.306. The summed E-state index contributed by atoms with van der Waals surface area (Å²) in [6.07, 6.45) is 3.82. The van der Waals surface area contributed by atoms with Gasteiger partial charge >= 0.3 is 0 Å². The largest absolute Gasteiger partial charge is 0.351 e. The molecule has 0 spiro atoms. The number of anilines is 2. The van der Waals surface area contributed by atoms with Gasteiger partial charge in [0.05, 0.1) is 10.7 Å². The lowest BCUT2D eigenvalue weighted by Gasteiger charge is -2.07. The number of halogens is 1. The molecule has 0 atom stereocenters. The molecule has 1 aromatic carbocycles. The van der Waals surface area contributed by atoms with Crippen LogP contribution >= 0.6 is 11.6 Å². The Kier molecular flexibility index (Phi) is 3.52. The Balaban J connectivity index is 1.74. The smallest absolute Gasteiger partial charge is 0.274 e. The first kappa shape index (κ1) is 12.9. The number of aromatic nitrogens is 2. The van der Waals surface area contributed by atoms with Crippen LogP contribution in [0, 0.1) is 0 Å². The number of amides is 1. The second-order valence-electron chi connectivity index (χ2n) is 4.62. The Morgan fingerprint density at radius 3 is 2.80 bits per heavy atom. The molecule has 1 amide bonds. The number of benzene rings is 1. The lowest BCUT2D eigenvalue weighted by atomic mass is 10.3. The van der Waals surface area contributed by atoms with E-state index in [0.29, 0.717) is 28.4 Å². The van der Waals surface area contributed by atoms with Crippen molar-refractivity contribution in [2.24, 2.45) is 0 Å². The number of hydrogen-bond donors (Lipinski definition) is 2. The number of rotatable bonds is 4. The van der Waals surface area contributed by atoms with Crippen molar-refractivity contribution in [2.45, 2.75) is 18.9 Å². The third-order valence-electron chi connectivity index (χ3n) is 2.92. The van der Waals surface area contributed by atoms with E-state index in [1.165, 1.54) is 0 Å². The molecular formula is C14H13ClN4O. The minimum Gasteiger partial charge on any atom is -0.351 e. The number of carbonyl (C=O) groups is 1. The van der Waals surface area contributed by atoms with Crippen molar-refractivity contribution in [1.82, 2.24) is 9.97 Å². The first-order chi connectivity index (χ1) is 9.72. The van der Waals surface area contributed by atoms with E-state index >= 15 is 0 Å². The monoisotopic (exact) mass is 288 g/mol. The standard InChI is InChI=1S/C14H13ClN4O/c15-10-3-1-2-4-11(10)18-13(20)12-7-8-16-14(19-12)17-9-5-6-9/h1-4,7-9H,5-6H2,(H,18,20)(H,16,17,19). The Labute approximate surface area is 121 Å². The van der Waals surface area contributed by atoms with Crippen molar-refractivity contribution in [3.63, 3.8) is 0 Å². The minimum absolute atomic E-state index is 0.306. The van der Waals surface area contributed by atoms with Gasteiger partial charge in [-0.05, 0) is 31.0 Å². The molecule has 1 heterocycles. The van der Waals surface area contributed by atoms with E-state index in [1.807, 2.05) is 6.07 Å². The van der Waals surface area contributed by atoms with Gasteiger partial charge in [-0.15, -0.1) is 0 Å². The van der Waals surface area contributed by atoms with Gasteiger partial charge in [-0.25, -0.2) is 9.97 Å². The molecule has 1 aliphatic rings. The molecule has 6 heteroatoms. The molecule has 20 heavy (non-hydrogen) atoms. The van der Waals surface area contributed by atoms with Crippen LogP contribution in [0.25, 0.3) is 0 Å². The molecule has 2 N–H and O–H groups in total. The molecule has 1 aromatic heterocycles. The topological polar surface area (TPSA) is 66.9 Å². The normalized spacial score (nSPS) is 13.8. The first-order valence-corrected chi connectivity index (χ1v) is 6.75. The average molecular weight is 289 g/mol. The number of carbonyl (C=O) groups excluding carboxylic acids is 1. The summed E-state index contributed by atoms with van der Waals surface area (Å²) in [5, 5.41) is 6.38. The van der Waals surface area contributed by atoms with Gasteiger partial charge in [0.1, 0.15) is 5.69 Å². The van der Waals surface area contributed by atoms with Gasteiger partial charge < -0.3 is 10.6 Å². The van der Waals surface area contributed by atoms with Crippen LogP contribution in [0.2, 0.25) is 5.02 Å². The number of para-hydroxylation sites is 1. The number of hydrogen-bond acceptors (Lipinski definition) is 4. The van der Waals surface area contributed by atoms with E-state index in [0.717, 1.165) is 12.8 Å². The molecule has 102 valence electrons. The molecule has 0 bridgehead atoms. The summed E-state index contributed by atoms with van der Waals surface area (Å²) >= 11 is 6.00. The molecule has 0 radical (unpaired) electrons. The second kappa shape index (κ2) is 5.46. The van der Waals surface area contributed by atoms with Crippen LogP contribution in [0.3, 0.4) is 0 Å². The summed E-state index contributed by atoms with van der Waals surface area (Å²) in [6, 6.07) is 9.09. The molecule has 2 aromatic rings. The van der Waals surface area contributed by atoms with Crippen LogP contribution in [0.1, 0.15) is 23.3 Å². The molecule has 5 nitrogen and oxygen atoms in total. The van der Waals surface area contributed by atoms with E-state index in [-0.39, 0.29) is 5.91 Å². The van der Waals surface area contributed by atoms with E-state index in [9.17, 15) is 4.79 Å². The highest BCUT2D eigenvalue weighted by Crippen LogP contribution is 2.23. The zero-order chi connectivity index (χ0) is 13.9. The fourth-order valence-electron chi connectivity index (χ4n) is 1.71. The first-order valence-electron chi connectivity index (χ1n) is 6.38.